The van der Waals surface area contributed by atoms with Crippen LogP contribution in [0.5, 0.6) is 0 Å². The predicted molar refractivity (Wildman–Crippen MR) is 65.0 cm³/mol. The van der Waals surface area contributed by atoms with Gasteiger partial charge in [-0.25, -0.2) is 0 Å². The Balaban J connectivity index is 2.42. The van der Waals surface area contributed by atoms with E-state index in [1.54, 1.807) is 16.7 Å². The lowest BCUT2D eigenvalue weighted by Gasteiger charge is -2.10. The Hall–Kier alpha value is -2.10. The van der Waals surface area contributed by atoms with E-state index < -0.39 is 5.91 Å². The standard InChI is InChI=1S/C13H12N2O2/c14-12(16)11-7-8-3-1-2-4-10(8)13(17)15(11)9-5-6-9/h1-4,7,9H,5-6H2,(H2,14,16). The average molecular weight is 228 g/mol. The first-order chi connectivity index (χ1) is 8.18. The predicted octanol–water partition coefficient (Wildman–Crippen LogP) is 1.44. The van der Waals surface area contributed by atoms with Gasteiger partial charge in [0.05, 0.1) is 0 Å². The van der Waals surface area contributed by atoms with Crippen molar-refractivity contribution >= 4 is 16.7 Å². The van der Waals surface area contributed by atoms with Crippen LogP contribution in [0.15, 0.2) is 35.1 Å². The molecule has 86 valence electrons. The van der Waals surface area contributed by atoms with E-state index in [9.17, 15) is 9.59 Å². The van der Waals surface area contributed by atoms with Gasteiger partial charge in [-0.2, -0.15) is 0 Å². The molecule has 2 aromatic rings. The van der Waals surface area contributed by atoms with Gasteiger partial charge in [0.2, 0.25) is 0 Å². The molecular weight excluding hydrogens is 216 g/mol. The third kappa shape index (κ3) is 1.53. The summed E-state index contributed by atoms with van der Waals surface area (Å²) in [7, 11) is 0. The second kappa shape index (κ2) is 3.45. The number of pyridine rings is 1. The van der Waals surface area contributed by atoms with Crippen molar-refractivity contribution in [1.29, 1.82) is 0 Å². The Kier molecular flexibility index (Phi) is 2.04. The minimum Gasteiger partial charge on any atom is -0.364 e. The number of aromatic nitrogens is 1. The van der Waals surface area contributed by atoms with Crippen molar-refractivity contribution in [2.45, 2.75) is 18.9 Å². The van der Waals surface area contributed by atoms with Crippen LogP contribution in [-0.4, -0.2) is 10.5 Å². The number of nitrogens with two attached hydrogens (primary N) is 1. The number of hydrogen-bond acceptors (Lipinski definition) is 2. The lowest BCUT2D eigenvalue weighted by atomic mass is 10.1. The lowest BCUT2D eigenvalue weighted by molar-refractivity contribution is 0.0990. The molecule has 1 aliphatic rings. The maximum Gasteiger partial charge on any atom is 0.265 e. The van der Waals surface area contributed by atoms with Crippen LogP contribution in [0, 0.1) is 0 Å². The fourth-order valence-electron chi connectivity index (χ4n) is 2.16. The fourth-order valence-corrected chi connectivity index (χ4v) is 2.16. The molecule has 4 heteroatoms. The zero-order valence-corrected chi connectivity index (χ0v) is 9.22. The summed E-state index contributed by atoms with van der Waals surface area (Å²) in [5.41, 5.74) is 5.55. The largest absolute Gasteiger partial charge is 0.364 e. The summed E-state index contributed by atoms with van der Waals surface area (Å²) in [6.45, 7) is 0. The SMILES string of the molecule is NC(=O)c1cc2ccccc2c(=O)n1C1CC1. The molecule has 0 spiro atoms. The Morgan fingerprint density at radius 1 is 1.29 bits per heavy atom. The van der Waals surface area contributed by atoms with Crippen molar-refractivity contribution in [3.63, 3.8) is 0 Å². The number of hydrogen-bond donors (Lipinski definition) is 1. The summed E-state index contributed by atoms with van der Waals surface area (Å²) < 4.78 is 1.55. The van der Waals surface area contributed by atoms with Crippen LogP contribution in [0.4, 0.5) is 0 Å². The van der Waals surface area contributed by atoms with Gasteiger partial charge in [0, 0.05) is 11.4 Å². The monoisotopic (exact) mass is 228 g/mol. The normalized spacial score (nSPS) is 15.1. The molecule has 3 rings (SSSR count). The first-order valence-corrected chi connectivity index (χ1v) is 5.62. The molecule has 0 bridgehead atoms. The molecule has 0 saturated heterocycles. The Morgan fingerprint density at radius 3 is 2.65 bits per heavy atom. The van der Waals surface area contributed by atoms with Gasteiger partial charge in [0.15, 0.2) is 0 Å². The second-order valence-electron chi connectivity index (χ2n) is 4.39. The summed E-state index contributed by atoms with van der Waals surface area (Å²) in [4.78, 5) is 23.7. The van der Waals surface area contributed by atoms with E-state index in [2.05, 4.69) is 0 Å². The van der Waals surface area contributed by atoms with Crippen molar-refractivity contribution in [3.8, 4) is 0 Å². The second-order valence-corrected chi connectivity index (χ2v) is 4.39. The van der Waals surface area contributed by atoms with E-state index >= 15 is 0 Å². The molecule has 0 unspecified atom stereocenters. The van der Waals surface area contributed by atoms with Gasteiger partial charge < -0.3 is 10.3 Å². The summed E-state index contributed by atoms with van der Waals surface area (Å²) in [5.74, 6) is -0.542. The van der Waals surface area contributed by atoms with Crippen molar-refractivity contribution in [2.24, 2.45) is 5.73 Å². The molecule has 0 radical (unpaired) electrons. The van der Waals surface area contributed by atoms with Crippen molar-refractivity contribution in [2.75, 3.05) is 0 Å². The van der Waals surface area contributed by atoms with Crippen LogP contribution < -0.4 is 11.3 Å². The molecule has 1 amide bonds. The molecule has 0 atom stereocenters. The molecule has 1 heterocycles. The van der Waals surface area contributed by atoms with E-state index in [0.29, 0.717) is 11.1 Å². The van der Waals surface area contributed by atoms with Gasteiger partial charge in [-0.15, -0.1) is 0 Å². The number of carbonyl (C=O) groups excluding carboxylic acids is 1. The van der Waals surface area contributed by atoms with Gasteiger partial charge in [0.25, 0.3) is 11.5 Å². The summed E-state index contributed by atoms with van der Waals surface area (Å²) in [6.07, 6.45) is 1.89. The number of nitrogens with zero attached hydrogens (tertiary/aromatic N) is 1. The molecule has 0 aliphatic heterocycles. The van der Waals surface area contributed by atoms with E-state index in [1.165, 1.54) is 0 Å². The minimum absolute atomic E-state index is 0.112. The summed E-state index contributed by atoms with van der Waals surface area (Å²) in [5, 5.41) is 1.41. The van der Waals surface area contributed by atoms with Gasteiger partial charge in [-0.3, -0.25) is 9.59 Å². The molecule has 1 aromatic heterocycles. The number of primary amides is 1. The van der Waals surface area contributed by atoms with Gasteiger partial charge >= 0.3 is 0 Å². The van der Waals surface area contributed by atoms with E-state index in [1.807, 2.05) is 18.2 Å². The fraction of sp³-hybridized carbons (Fsp3) is 0.231. The summed E-state index contributed by atoms with van der Waals surface area (Å²) >= 11 is 0. The zero-order valence-electron chi connectivity index (χ0n) is 9.22. The highest BCUT2D eigenvalue weighted by Gasteiger charge is 2.28. The minimum atomic E-state index is -0.542. The number of amides is 1. The molecule has 1 aliphatic carbocycles. The van der Waals surface area contributed by atoms with Gasteiger partial charge in [-0.05, 0) is 30.4 Å². The van der Waals surface area contributed by atoms with Crippen LogP contribution in [0.3, 0.4) is 0 Å². The maximum atomic E-state index is 12.3. The topological polar surface area (TPSA) is 65.1 Å². The smallest absolute Gasteiger partial charge is 0.265 e. The lowest BCUT2D eigenvalue weighted by Crippen LogP contribution is -2.28. The number of rotatable bonds is 2. The van der Waals surface area contributed by atoms with Crippen molar-refractivity contribution in [3.05, 3.63) is 46.4 Å². The maximum absolute atomic E-state index is 12.3. The van der Waals surface area contributed by atoms with Crippen LogP contribution in [0.25, 0.3) is 10.8 Å². The van der Waals surface area contributed by atoms with E-state index in [-0.39, 0.29) is 11.6 Å². The molecule has 1 fully saturated rings. The highest BCUT2D eigenvalue weighted by atomic mass is 16.2. The van der Waals surface area contributed by atoms with Gasteiger partial charge in [-0.1, -0.05) is 18.2 Å². The van der Waals surface area contributed by atoms with Crippen LogP contribution in [0.1, 0.15) is 29.4 Å². The first-order valence-electron chi connectivity index (χ1n) is 5.62. The number of carbonyl (C=O) groups is 1. The number of fused-ring (bicyclic) bond motifs is 1. The van der Waals surface area contributed by atoms with Crippen LogP contribution >= 0.6 is 0 Å². The molecular formula is C13H12N2O2. The van der Waals surface area contributed by atoms with Gasteiger partial charge in [0.1, 0.15) is 5.69 Å². The highest BCUT2D eigenvalue weighted by molar-refractivity contribution is 5.95. The zero-order chi connectivity index (χ0) is 12.0. The van der Waals surface area contributed by atoms with E-state index in [0.717, 1.165) is 18.2 Å². The van der Waals surface area contributed by atoms with E-state index in [4.69, 9.17) is 5.73 Å². The summed E-state index contributed by atoms with van der Waals surface area (Å²) in [6, 6.07) is 9.12. The number of benzene rings is 1. The molecule has 1 saturated carbocycles. The third-order valence-corrected chi connectivity index (χ3v) is 3.13. The Morgan fingerprint density at radius 2 is 2.00 bits per heavy atom. The quantitative estimate of drug-likeness (QED) is 0.845. The van der Waals surface area contributed by atoms with Crippen molar-refractivity contribution in [1.82, 2.24) is 4.57 Å². The van der Waals surface area contributed by atoms with Crippen molar-refractivity contribution < 1.29 is 4.79 Å². The highest BCUT2D eigenvalue weighted by Crippen LogP contribution is 2.35. The Labute approximate surface area is 97.7 Å². The third-order valence-electron chi connectivity index (χ3n) is 3.13. The first kappa shape index (κ1) is 10.1. The molecule has 17 heavy (non-hydrogen) atoms. The van der Waals surface area contributed by atoms with Crippen LogP contribution in [-0.2, 0) is 0 Å². The van der Waals surface area contributed by atoms with Crippen LogP contribution in [0.2, 0.25) is 0 Å². The molecule has 1 aromatic carbocycles. The Bertz CT molecular complexity index is 669. The average Bonchev–Trinajstić information content (AvgIpc) is 3.13. The molecule has 2 N–H and O–H groups in total. The molecule has 4 nitrogen and oxygen atoms in total.